The van der Waals surface area contributed by atoms with Crippen LogP contribution in [0, 0.1) is 6.92 Å². The van der Waals surface area contributed by atoms with Crippen LogP contribution in [-0.2, 0) is 41.6 Å². The summed E-state index contributed by atoms with van der Waals surface area (Å²) in [7, 11) is 1.41. The fourth-order valence-electron chi connectivity index (χ4n) is 4.34. The molecule has 2 amide bonds. The summed E-state index contributed by atoms with van der Waals surface area (Å²) < 4.78 is 21.7. The lowest BCUT2D eigenvalue weighted by molar-refractivity contribution is -0.160. The number of carbonyl (C=O) groups is 5. The van der Waals surface area contributed by atoms with E-state index in [0.717, 1.165) is 21.6 Å². The largest absolute Gasteiger partial charge is 0.458 e. The van der Waals surface area contributed by atoms with Crippen LogP contribution in [0.4, 0.5) is 9.59 Å². The van der Waals surface area contributed by atoms with Gasteiger partial charge < -0.3 is 24.3 Å². The molecular formula is C36H42N2O9. The summed E-state index contributed by atoms with van der Waals surface area (Å²) in [5.41, 5.74) is 1.95. The Bertz CT molecular complexity index is 1500. The quantitative estimate of drug-likeness (QED) is 0.146. The summed E-state index contributed by atoms with van der Waals surface area (Å²) in [5, 5.41) is 2.40. The van der Waals surface area contributed by atoms with Gasteiger partial charge in [0, 0.05) is 19.0 Å². The molecule has 0 aliphatic rings. The molecule has 0 heterocycles. The Labute approximate surface area is 275 Å². The zero-order chi connectivity index (χ0) is 34.6. The molecule has 3 rings (SSSR count). The zero-order valence-electron chi connectivity index (χ0n) is 27.6. The van der Waals surface area contributed by atoms with E-state index < -0.39 is 60.3 Å². The maximum Gasteiger partial charge on any atom is 0.410 e. The molecule has 11 heteroatoms. The molecule has 0 spiro atoms. The van der Waals surface area contributed by atoms with Crippen molar-refractivity contribution in [1.82, 2.24) is 10.2 Å². The lowest BCUT2D eigenvalue weighted by Gasteiger charge is -2.30. The predicted octanol–water partition coefficient (Wildman–Crippen LogP) is 5.43. The molecule has 47 heavy (non-hydrogen) atoms. The molecule has 0 radical (unpaired) electrons. The van der Waals surface area contributed by atoms with Gasteiger partial charge in [-0.2, -0.15) is 0 Å². The molecule has 0 aliphatic heterocycles. The maximum atomic E-state index is 13.7. The number of Topliss-reactive ketones (excluding diaryl/α,β-unsaturated/α-hetero) is 1. The average molecular weight is 647 g/mol. The van der Waals surface area contributed by atoms with Gasteiger partial charge in [-0.25, -0.2) is 19.2 Å². The molecule has 0 aromatic heterocycles. The van der Waals surface area contributed by atoms with Crippen molar-refractivity contribution >= 4 is 29.9 Å². The first-order valence-corrected chi connectivity index (χ1v) is 15.2. The molecule has 11 nitrogen and oxygen atoms in total. The molecule has 0 saturated carbocycles. The summed E-state index contributed by atoms with van der Waals surface area (Å²) in [4.78, 5) is 66.4. The Morgan fingerprint density at radius 1 is 0.787 bits per heavy atom. The number of hydrogen-bond acceptors (Lipinski definition) is 9. The van der Waals surface area contributed by atoms with E-state index in [9.17, 15) is 24.0 Å². The van der Waals surface area contributed by atoms with E-state index in [0.29, 0.717) is 5.56 Å². The van der Waals surface area contributed by atoms with Crippen molar-refractivity contribution in [2.45, 2.75) is 71.4 Å². The summed E-state index contributed by atoms with van der Waals surface area (Å²) in [5.74, 6) is -2.35. The van der Waals surface area contributed by atoms with Crippen LogP contribution < -0.4 is 5.32 Å². The molecule has 0 fully saturated rings. The number of hydrogen-bond donors (Lipinski definition) is 1. The Kier molecular flexibility index (Phi) is 13.1. The molecule has 250 valence electrons. The number of likely N-dealkylation sites (N-methyl/N-ethyl adjacent to an activating group) is 1. The number of amides is 2. The van der Waals surface area contributed by atoms with Crippen LogP contribution >= 0.6 is 0 Å². The third-order valence-electron chi connectivity index (χ3n) is 6.92. The van der Waals surface area contributed by atoms with Gasteiger partial charge >= 0.3 is 24.1 Å². The lowest BCUT2D eigenvalue weighted by atomic mass is 10.0. The van der Waals surface area contributed by atoms with Gasteiger partial charge in [-0.3, -0.25) is 9.69 Å². The van der Waals surface area contributed by atoms with Gasteiger partial charge in [0.25, 0.3) is 0 Å². The number of aryl methyl sites for hydroxylation is 1. The highest BCUT2D eigenvalue weighted by Crippen LogP contribution is 2.16. The van der Waals surface area contributed by atoms with E-state index in [1.807, 2.05) is 49.4 Å². The molecule has 3 aromatic carbocycles. The van der Waals surface area contributed by atoms with Crippen LogP contribution in [0.1, 0.15) is 54.7 Å². The highest BCUT2D eigenvalue weighted by Gasteiger charge is 2.37. The Hall–Kier alpha value is -5.19. The summed E-state index contributed by atoms with van der Waals surface area (Å²) >= 11 is 0. The normalized spacial score (nSPS) is 12.9. The number of ketones is 1. The van der Waals surface area contributed by atoms with E-state index in [1.54, 1.807) is 63.2 Å². The van der Waals surface area contributed by atoms with Crippen LogP contribution in [0.2, 0.25) is 0 Å². The number of rotatable bonds is 13. The van der Waals surface area contributed by atoms with Gasteiger partial charge in [0.05, 0.1) is 0 Å². The van der Waals surface area contributed by atoms with E-state index in [4.69, 9.17) is 18.9 Å². The van der Waals surface area contributed by atoms with Gasteiger partial charge in [0.2, 0.25) is 0 Å². The Balaban J connectivity index is 1.79. The summed E-state index contributed by atoms with van der Waals surface area (Å²) in [6, 6.07) is 22.0. The van der Waals surface area contributed by atoms with E-state index in [2.05, 4.69) is 5.32 Å². The molecule has 0 aliphatic carbocycles. The molecule has 0 bridgehead atoms. The first-order valence-electron chi connectivity index (χ1n) is 15.2. The molecular weight excluding hydrogens is 604 g/mol. The lowest BCUT2D eigenvalue weighted by Crippen LogP contribution is -2.53. The van der Waals surface area contributed by atoms with E-state index in [1.165, 1.54) is 14.0 Å². The number of nitrogens with one attached hydrogen (secondary N) is 1. The summed E-state index contributed by atoms with van der Waals surface area (Å²) in [6.07, 6.45) is -2.96. The van der Waals surface area contributed by atoms with E-state index in [-0.39, 0.29) is 13.0 Å². The fraction of sp³-hybridized carbons (Fsp3) is 0.361. The zero-order valence-corrected chi connectivity index (χ0v) is 27.6. The van der Waals surface area contributed by atoms with Crippen LogP contribution in [0.25, 0.3) is 0 Å². The smallest absolute Gasteiger partial charge is 0.410 e. The van der Waals surface area contributed by atoms with E-state index >= 15 is 0 Å². The van der Waals surface area contributed by atoms with Gasteiger partial charge in [0.1, 0.15) is 24.4 Å². The molecule has 0 saturated heterocycles. The minimum atomic E-state index is -1.55. The molecule has 1 N–H and O–H groups in total. The van der Waals surface area contributed by atoms with Gasteiger partial charge in [0.15, 0.2) is 18.4 Å². The van der Waals surface area contributed by atoms with Crippen molar-refractivity contribution in [3.8, 4) is 0 Å². The molecule has 0 unspecified atom stereocenters. The third-order valence-corrected chi connectivity index (χ3v) is 6.92. The second-order valence-corrected chi connectivity index (χ2v) is 12.0. The maximum absolute atomic E-state index is 13.7. The van der Waals surface area contributed by atoms with Crippen molar-refractivity contribution in [1.29, 1.82) is 0 Å². The number of ether oxygens (including phenoxy) is 4. The summed E-state index contributed by atoms with van der Waals surface area (Å²) in [6.45, 7) is 7.62. The van der Waals surface area contributed by atoms with Crippen LogP contribution in [0.3, 0.4) is 0 Å². The number of nitrogens with zero attached hydrogens (tertiary/aromatic N) is 1. The second-order valence-electron chi connectivity index (χ2n) is 12.0. The highest BCUT2D eigenvalue weighted by molar-refractivity contribution is 5.98. The predicted molar refractivity (Wildman–Crippen MR) is 174 cm³/mol. The minimum absolute atomic E-state index is 0.0118. The van der Waals surface area contributed by atoms with Crippen molar-refractivity contribution in [2.24, 2.45) is 0 Å². The molecule has 3 aromatic rings. The van der Waals surface area contributed by atoms with Crippen molar-refractivity contribution in [3.05, 3.63) is 107 Å². The molecule has 3 atom stereocenters. The first kappa shape index (κ1) is 36.3. The van der Waals surface area contributed by atoms with Crippen molar-refractivity contribution in [3.63, 3.8) is 0 Å². The third kappa shape index (κ3) is 11.9. The van der Waals surface area contributed by atoms with Crippen LogP contribution in [0.5, 0.6) is 0 Å². The Morgan fingerprint density at radius 3 is 1.98 bits per heavy atom. The van der Waals surface area contributed by atoms with Crippen LogP contribution in [0.15, 0.2) is 84.9 Å². The standard InChI is InChI=1S/C36H42N2O9/c1-24-17-19-26(20-18-24)21-29(38(6)35(43)45-22-27-13-9-7-10-14-27)32(40)46-25(2)31(37-34(42)47-36(3,4)5)33(41)44-23-30(39)28-15-11-8-12-16-28/h7-20,25,29,31H,21-23H2,1-6H3,(H,37,42)/t25-,29+,31+/m1/s1. The highest BCUT2D eigenvalue weighted by atomic mass is 16.6. The van der Waals surface area contributed by atoms with Crippen LogP contribution in [-0.4, -0.2) is 72.3 Å². The monoisotopic (exact) mass is 646 g/mol. The minimum Gasteiger partial charge on any atom is -0.458 e. The topological polar surface area (TPSA) is 138 Å². The van der Waals surface area contributed by atoms with Gasteiger partial charge in [-0.1, -0.05) is 90.5 Å². The Morgan fingerprint density at radius 2 is 1.38 bits per heavy atom. The fourth-order valence-corrected chi connectivity index (χ4v) is 4.34. The number of carbonyl (C=O) groups excluding carboxylic acids is 5. The van der Waals surface area contributed by atoms with Crippen molar-refractivity contribution in [2.75, 3.05) is 13.7 Å². The van der Waals surface area contributed by atoms with Gasteiger partial charge in [-0.05, 0) is 45.7 Å². The number of esters is 2. The SMILES string of the molecule is Cc1ccc(C[C@@H](C(=O)O[C@H](C)[C@H](NC(=O)OC(C)(C)C)C(=O)OCC(=O)c2ccccc2)N(C)C(=O)OCc2ccccc2)cc1. The second kappa shape index (κ2) is 16.9. The first-order chi connectivity index (χ1) is 22.2. The van der Waals surface area contributed by atoms with Crippen molar-refractivity contribution < 1.29 is 42.9 Å². The number of alkyl carbamates (subject to hydrolysis) is 1. The number of benzene rings is 3. The average Bonchev–Trinajstić information content (AvgIpc) is 3.04. The van der Waals surface area contributed by atoms with Gasteiger partial charge in [-0.15, -0.1) is 0 Å².